The zero-order valence-electron chi connectivity index (χ0n) is 10.3. The second kappa shape index (κ2) is 5.47. The average molecular weight is 273 g/mol. The van der Waals surface area contributed by atoms with Crippen molar-refractivity contribution in [1.29, 1.82) is 0 Å². The van der Waals surface area contributed by atoms with Crippen LogP contribution in [0.3, 0.4) is 0 Å². The molecule has 1 aromatic carbocycles. The lowest BCUT2D eigenvalue weighted by Crippen LogP contribution is -2.44. The lowest BCUT2D eigenvalue weighted by atomic mass is 10.1. The normalized spacial score (nSPS) is 17.5. The van der Waals surface area contributed by atoms with Crippen molar-refractivity contribution >= 4 is 28.9 Å². The molecule has 0 aromatic heterocycles. The smallest absolute Gasteiger partial charge is 0.0746 e. The second-order valence-corrected chi connectivity index (χ2v) is 5.37. The number of likely N-dealkylation sites (N-methyl/N-ethyl adjacent to an activating group) is 1. The van der Waals surface area contributed by atoms with E-state index in [1.54, 1.807) is 0 Å². The van der Waals surface area contributed by atoms with Crippen molar-refractivity contribution in [3.05, 3.63) is 27.7 Å². The third-order valence-corrected chi connectivity index (χ3v) is 3.88. The van der Waals surface area contributed by atoms with E-state index in [1.165, 1.54) is 5.56 Å². The molecular formula is C13H18Cl2N2. The molecule has 2 rings (SSSR count). The zero-order valence-corrected chi connectivity index (χ0v) is 11.9. The Morgan fingerprint density at radius 2 is 1.59 bits per heavy atom. The molecule has 94 valence electrons. The van der Waals surface area contributed by atoms with Crippen molar-refractivity contribution in [2.75, 3.05) is 38.1 Å². The van der Waals surface area contributed by atoms with Gasteiger partial charge in [-0.1, -0.05) is 30.1 Å². The highest BCUT2D eigenvalue weighted by Crippen LogP contribution is 2.35. The Kier molecular flexibility index (Phi) is 4.18. The number of anilines is 1. The fraction of sp³-hybridized carbons (Fsp3) is 0.538. The summed E-state index contributed by atoms with van der Waals surface area (Å²) in [5.41, 5.74) is 2.19. The van der Waals surface area contributed by atoms with E-state index in [0.717, 1.165) is 48.3 Å². The molecule has 1 aromatic rings. The van der Waals surface area contributed by atoms with Crippen LogP contribution < -0.4 is 4.90 Å². The van der Waals surface area contributed by atoms with Gasteiger partial charge in [-0.05, 0) is 31.2 Å². The lowest BCUT2D eigenvalue weighted by molar-refractivity contribution is 0.313. The molecule has 0 aliphatic carbocycles. The van der Waals surface area contributed by atoms with Crippen molar-refractivity contribution < 1.29 is 0 Å². The highest BCUT2D eigenvalue weighted by atomic mass is 35.5. The summed E-state index contributed by atoms with van der Waals surface area (Å²) in [6, 6.07) is 4.06. The Hall–Kier alpha value is -0.440. The summed E-state index contributed by atoms with van der Waals surface area (Å²) < 4.78 is 0. The van der Waals surface area contributed by atoms with Gasteiger partial charge in [0.1, 0.15) is 0 Å². The largest absolute Gasteiger partial charge is 0.367 e. The number of benzene rings is 1. The maximum Gasteiger partial charge on any atom is 0.0746 e. The standard InChI is InChI=1S/C13H18Cl2N2/c1-3-10-8-11(14)13(12(15)9-10)17-6-4-16(2)5-7-17/h8-9H,3-7H2,1-2H3. The summed E-state index contributed by atoms with van der Waals surface area (Å²) in [5.74, 6) is 0. The topological polar surface area (TPSA) is 6.48 Å². The van der Waals surface area contributed by atoms with E-state index in [0.29, 0.717) is 0 Å². The highest BCUT2D eigenvalue weighted by Gasteiger charge is 2.19. The number of hydrogen-bond donors (Lipinski definition) is 0. The maximum atomic E-state index is 6.34. The molecule has 17 heavy (non-hydrogen) atoms. The van der Waals surface area contributed by atoms with Crippen molar-refractivity contribution in [2.45, 2.75) is 13.3 Å². The molecular weight excluding hydrogens is 255 g/mol. The van der Waals surface area contributed by atoms with E-state index < -0.39 is 0 Å². The molecule has 4 heteroatoms. The number of rotatable bonds is 2. The third kappa shape index (κ3) is 2.87. The predicted molar refractivity (Wildman–Crippen MR) is 75.6 cm³/mol. The SMILES string of the molecule is CCc1cc(Cl)c(N2CCN(C)CC2)c(Cl)c1. The van der Waals surface area contributed by atoms with Crippen LogP contribution in [-0.4, -0.2) is 38.1 Å². The molecule has 1 saturated heterocycles. The van der Waals surface area contributed by atoms with Gasteiger partial charge in [-0.3, -0.25) is 0 Å². The van der Waals surface area contributed by atoms with Gasteiger partial charge in [0.15, 0.2) is 0 Å². The lowest BCUT2D eigenvalue weighted by Gasteiger charge is -2.35. The van der Waals surface area contributed by atoms with E-state index in [9.17, 15) is 0 Å². The molecule has 0 atom stereocenters. The van der Waals surface area contributed by atoms with E-state index in [1.807, 2.05) is 12.1 Å². The van der Waals surface area contributed by atoms with Gasteiger partial charge in [-0.25, -0.2) is 0 Å². The van der Waals surface area contributed by atoms with Gasteiger partial charge in [0.05, 0.1) is 15.7 Å². The minimum atomic E-state index is 0.777. The van der Waals surface area contributed by atoms with Crippen LogP contribution in [0, 0.1) is 0 Å². The molecule has 1 aliphatic rings. The van der Waals surface area contributed by atoms with Gasteiger partial charge in [-0.2, -0.15) is 0 Å². The molecule has 0 unspecified atom stereocenters. The van der Waals surface area contributed by atoms with Gasteiger partial charge in [-0.15, -0.1) is 0 Å². The molecule has 0 spiro atoms. The Morgan fingerprint density at radius 1 is 1.06 bits per heavy atom. The van der Waals surface area contributed by atoms with Crippen LogP contribution in [0.4, 0.5) is 5.69 Å². The number of halogens is 2. The molecule has 0 amide bonds. The molecule has 0 radical (unpaired) electrons. The number of piperazine rings is 1. The molecule has 0 saturated carbocycles. The minimum absolute atomic E-state index is 0.777. The van der Waals surface area contributed by atoms with Crippen LogP contribution >= 0.6 is 23.2 Å². The molecule has 0 N–H and O–H groups in total. The van der Waals surface area contributed by atoms with E-state index in [4.69, 9.17) is 23.2 Å². The molecule has 1 heterocycles. The predicted octanol–water partition coefficient (Wildman–Crippen LogP) is 3.31. The summed E-state index contributed by atoms with van der Waals surface area (Å²) in [6.07, 6.45) is 0.961. The van der Waals surface area contributed by atoms with E-state index in [2.05, 4.69) is 23.8 Å². The van der Waals surface area contributed by atoms with E-state index in [-0.39, 0.29) is 0 Å². The van der Waals surface area contributed by atoms with Crippen molar-refractivity contribution in [1.82, 2.24) is 4.90 Å². The van der Waals surface area contributed by atoms with Crippen LogP contribution in [0.25, 0.3) is 0 Å². The number of nitrogens with zero attached hydrogens (tertiary/aromatic N) is 2. The molecule has 1 fully saturated rings. The molecule has 0 bridgehead atoms. The molecule has 1 aliphatic heterocycles. The van der Waals surface area contributed by atoms with E-state index >= 15 is 0 Å². The summed E-state index contributed by atoms with van der Waals surface area (Å²) >= 11 is 12.7. The van der Waals surface area contributed by atoms with Crippen molar-refractivity contribution in [3.63, 3.8) is 0 Å². The zero-order chi connectivity index (χ0) is 12.4. The van der Waals surface area contributed by atoms with Crippen LogP contribution in [-0.2, 0) is 6.42 Å². The third-order valence-electron chi connectivity index (χ3n) is 3.30. The summed E-state index contributed by atoms with van der Waals surface area (Å²) in [5, 5.41) is 1.55. The van der Waals surface area contributed by atoms with Crippen LogP contribution in [0.5, 0.6) is 0 Å². The van der Waals surface area contributed by atoms with Crippen LogP contribution in [0.2, 0.25) is 10.0 Å². The maximum absolute atomic E-state index is 6.34. The summed E-state index contributed by atoms with van der Waals surface area (Å²) in [6.45, 7) is 6.20. The first kappa shape index (κ1) is 13.0. The molecule has 2 nitrogen and oxygen atoms in total. The van der Waals surface area contributed by atoms with Gasteiger partial charge in [0.2, 0.25) is 0 Å². The first-order valence-electron chi connectivity index (χ1n) is 6.03. The van der Waals surface area contributed by atoms with Crippen LogP contribution in [0.15, 0.2) is 12.1 Å². The summed E-state index contributed by atoms with van der Waals surface area (Å²) in [7, 11) is 2.14. The quantitative estimate of drug-likeness (QED) is 0.815. The first-order valence-corrected chi connectivity index (χ1v) is 6.78. The Morgan fingerprint density at radius 3 is 2.06 bits per heavy atom. The fourth-order valence-electron chi connectivity index (χ4n) is 2.15. The van der Waals surface area contributed by atoms with Crippen LogP contribution in [0.1, 0.15) is 12.5 Å². The van der Waals surface area contributed by atoms with Gasteiger partial charge < -0.3 is 9.80 Å². The van der Waals surface area contributed by atoms with Gasteiger partial charge >= 0.3 is 0 Å². The Labute approximate surface area is 113 Å². The van der Waals surface area contributed by atoms with Gasteiger partial charge in [0.25, 0.3) is 0 Å². The summed E-state index contributed by atoms with van der Waals surface area (Å²) in [4.78, 5) is 4.60. The van der Waals surface area contributed by atoms with Crippen molar-refractivity contribution in [2.24, 2.45) is 0 Å². The van der Waals surface area contributed by atoms with Gasteiger partial charge in [0, 0.05) is 26.2 Å². The number of hydrogen-bond acceptors (Lipinski definition) is 2. The Bertz CT molecular complexity index is 375. The number of aryl methyl sites for hydroxylation is 1. The average Bonchev–Trinajstić information content (AvgIpc) is 2.30. The monoisotopic (exact) mass is 272 g/mol. The highest BCUT2D eigenvalue weighted by molar-refractivity contribution is 6.39. The fourth-order valence-corrected chi connectivity index (χ4v) is 2.93. The second-order valence-electron chi connectivity index (χ2n) is 4.55. The Balaban J connectivity index is 2.26. The first-order chi connectivity index (χ1) is 8.11. The minimum Gasteiger partial charge on any atom is -0.367 e. The van der Waals surface area contributed by atoms with Crippen molar-refractivity contribution in [3.8, 4) is 0 Å².